The quantitative estimate of drug-likeness (QED) is 0.832. The maximum absolute atomic E-state index is 13.4. The highest BCUT2D eigenvalue weighted by atomic mass is 79.9. The molecule has 0 heterocycles. The summed E-state index contributed by atoms with van der Waals surface area (Å²) in [7, 11) is 0. The van der Waals surface area contributed by atoms with Crippen LogP contribution >= 0.6 is 15.9 Å². The molecule has 0 radical (unpaired) electrons. The minimum Gasteiger partial charge on any atom is -0.391 e. The average Bonchev–Trinajstić information content (AvgIpc) is 2.18. The molecule has 0 aliphatic carbocycles. The summed E-state index contributed by atoms with van der Waals surface area (Å²) in [5.41, 5.74) is -0.224. The van der Waals surface area contributed by atoms with Crippen molar-refractivity contribution < 1.29 is 19.0 Å². The summed E-state index contributed by atoms with van der Waals surface area (Å²) in [5, 5.41) is 18.3. The summed E-state index contributed by atoms with van der Waals surface area (Å²) in [4.78, 5) is 0. The van der Waals surface area contributed by atoms with E-state index >= 15 is 0 Å². The number of halogens is 3. The zero-order valence-electron chi connectivity index (χ0n) is 8.04. The van der Waals surface area contributed by atoms with Gasteiger partial charge in [0.15, 0.2) is 0 Å². The van der Waals surface area contributed by atoms with Crippen LogP contribution in [0.15, 0.2) is 16.6 Å². The molecule has 1 rings (SSSR count). The van der Waals surface area contributed by atoms with Gasteiger partial charge in [-0.1, -0.05) is 0 Å². The lowest BCUT2D eigenvalue weighted by atomic mass is 10.0. The number of aliphatic hydroxyl groups excluding tert-OH is 2. The van der Waals surface area contributed by atoms with E-state index in [-0.39, 0.29) is 16.5 Å². The normalized spacial score (nSPS) is 15.1. The topological polar surface area (TPSA) is 40.5 Å². The molecule has 0 bridgehead atoms. The lowest BCUT2D eigenvalue weighted by Crippen LogP contribution is -2.25. The van der Waals surface area contributed by atoms with Crippen LogP contribution in [-0.2, 0) is 6.42 Å². The van der Waals surface area contributed by atoms with Crippen LogP contribution in [0.25, 0.3) is 0 Å². The molecule has 0 amide bonds. The first kappa shape index (κ1) is 12.5. The summed E-state index contributed by atoms with van der Waals surface area (Å²) >= 11 is 2.92. The van der Waals surface area contributed by atoms with Crippen molar-refractivity contribution in [1.82, 2.24) is 0 Å². The smallest absolute Gasteiger partial charge is 0.143 e. The fraction of sp³-hybridized carbons (Fsp3) is 0.400. The molecule has 0 aliphatic rings. The lowest BCUT2D eigenvalue weighted by Gasteiger charge is -2.14. The van der Waals surface area contributed by atoms with Crippen molar-refractivity contribution in [2.45, 2.75) is 25.6 Å². The van der Waals surface area contributed by atoms with Crippen LogP contribution in [0.2, 0.25) is 0 Å². The maximum Gasteiger partial charge on any atom is 0.143 e. The van der Waals surface area contributed by atoms with Crippen molar-refractivity contribution in [2.75, 3.05) is 0 Å². The Morgan fingerprint density at radius 1 is 1.33 bits per heavy atom. The number of rotatable bonds is 3. The summed E-state index contributed by atoms with van der Waals surface area (Å²) in [6.07, 6.45) is -2.46. The van der Waals surface area contributed by atoms with Crippen molar-refractivity contribution in [3.8, 4) is 0 Å². The van der Waals surface area contributed by atoms with Gasteiger partial charge in [-0.25, -0.2) is 8.78 Å². The van der Waals surface area contributed by atoms with Gasteiger partial charge in [-0.05, 0) is 35.0 Å². The molecular weight excluding hydrogens is 270 g/mol. The SMILES string of the molecule is CC(O)C(O)Cc1c(F)ccc(Br)c1F. The van der Waals surface area contributed by atoms with E-state index in [4.69, 9.17) is 5.11 Å². The average molecular weight is 281 g/mol. The van der Waals surface area contributed by atoms with E-state index in [2.05, 4.69) is 15.9 Å². The fourth-order valence-electron chi connectivity index (χ4n) is 1.14. The highest BCUT2D eigenvalue weighted by Gasteiger charge is 2.18. The number of aliphatic hydroxyl groups is 2. The Bertz CT molecular complexity index is 356. The second-order valence-electron chi connectivity index (χ2n) is 3.33. The fourth-order valence-corrected chi connectivity index (χ4v) is 1.51. The maximum atomic E-state index is 13.4. The monoisotopic (exact) mass is 280 g/mol. The van der Waals surface area contributed by atoms with Gasteiger partial charge in [-0.2, -0.15) is 0 Å². The van der Waals surface area contributed by atoms with E-state index in [1.165, 1.54) is 13.0 Å². The summed E-state index contributed by atoms with van der Waals surface area (Å²) < 4.78 is 26.7. The van der Waals surface area contributed by atoms with Gasteiger partial charge in [-0.15, -0.1) is 0 Å². The summed E-state index contributed by atoms with van der Waals surface area (Å²) in [6.45, 7) is 1.36. The van der Waals surface area contributed by atoms with Gasteiger partial charge < -0.3 is 10.2 Å². The predicted octanol–water partition coefficient (Wildman–Crippen LogP) is 2.01. The molecule has 0 aliphatic heterocycles. The van der Waals surface area contributed by atoms with Gasteiger partial charge in [0, 0.05) is 12.0 Å². The molecule has 5 heteroatoms. The molecule has 1 aromatic carbocycles. The van der Waals surface area contributed by atoms with E-state index in [1.54, 1.807) is 0 Å². The molecule has 15 heavy (non-hydrogen) atoms. The molecule has 0 fully saturated rings. The van der Waals surface area contributed by atoms with Crippen molar-refractivity contribution in [3.63, 3.8) is 0 Å². The van der Waals surface area contributed by atoms with Crippen LogP contribution in [0.1, 0.15) is 12.5 Å². The summed E-state index contributed by atoms with van der Waals surface area (Å²) in [5.74, 6) is -1.47. The zero-order chi connectivity index (χ0) is 11.6. The molecule has 0 saturated carbocycles. The molecule has 0 saturated heterocycles. The third-order valence-electron chi connectivity index (χ3n) is 2.11. The molecule has 0 aromatic heterocycles. The Morgan fingerprint density at radius 3 is 2.47 bits per heavy atom. The molecule has 2 N–H and O–H groups in total. The first-order valence-corrected chi connectivity index (χ1v) is 5.21. The van der Waals surface area contributed by atoms with Crippen molar-refractivity contribution in [3.05, 3.63) is 33.8 Å². The van der Waals surface area contributed by atoms with Crippen molar-refractivity contribution in [2.24, 2.45) is 0 Å². The van der Waals surface area contributed by atoms with Gasteiger partial charge in [0.25, 0.3) is 0 Å². The van der Waals surface area contributed by atoms with Gasteiger partial charge in [-0.3, -0.25) is 0 Å². The van der Waals surface area contributed by atoms with Gasteiger partial charge >= 0.3 is 0 Å². The largest absolute Gasteiger partial charge is 0.391 e. The van der Waals surface area contributed by atoms with E-state index in [0.717, 1.165) is 6.07 Å². The van der Waals surface area contributed by atoms with E-state index in [9.17, 15) is 13.9 Å². The highest BCUT2D eigenvalue weighted by Crippen LogP contribution is 2.23. The molecule has 1 aromatic rings. The second kappa shape index (κ2) is 5.01. The second-order valence-corrected chi connectivity index (χ2v) is 4.19. The van der Waals surface area contributed by atoms with Gasteiger partial charge in [0.05, 0.1) is 16.7 Å². The third kappa shape index (κ3) is 2.96. The van der Waals surface area contributed by atoms with Crippen LogP contribution < -0.4 is 0 Å². The Balaban J connectivity index is 2.98. The van der Waals surface area contributed by atoms with Crippen LogP contribution in [0, 0.1) is 11.6 Å². The molecule has 84 valence electrons. The van der Waals surface area contributed by atoms with Crippen LogP contribution in [-0.4, -0.2) is 22.4 Å². The molecule has 0 spiro atoms. The van der Waals surface area contributed by atoms with Crippen molar-refractivity contribution >= 4 is 15.9 Å². The lowest BCUT2D eigenvalue weighted by molar-refractivity contribution is 0.0309. The molecule has 2 atom stereocenters. The van der Waals surface area contributed by atoms with Gasteiger partial charge in [0.2, 0.25) is 0 Å². The van der Waals surface area contributed by atoms with E-state index in [1.807, 2.05) is 0 Å². The number of benzene rings is 1. The number of hydrogen-bond acceptors (Lipinski definition) is 2. The zero-order valence-corrected chi connectivity index (χ0v) is 9.63. The Hall–Kier alpha value is -0.520. The Morgan fingerprint density at radius 2 is 1.93 bits per heavy atom. The predicted molar refractivity (Wildman–Crippen MR) is 55.4 cm³/mol. The standard InChI is InChI=1S/C10H11BrF2O2/c1-5(14)9(15)4-6-8(12)3-2-7(11)10(6)13/h2-3,5,9,14-15H,4H2,1H3. The van der Waals surface area contributed by atoms with Crippen molar-refractivity contribution in [1.29, 1.82) is 0 Å². The minimum absolute atomic E-state index is 0.136. The molecule has 2 nitrogen and oxygen atoms in total. The number of hydrogen-bond donors (Lipinski definition) is 2. The third-order valence-corrected chi connectivity index (χ3v) is 2.72. The van der Waals surface area contributed by atoms with Crippen LogP contribution in [0.3, 0.4) is 0 Å². The minimum atomic E-state index is -1.18. The first-order chi connectivity index (χ1) is 6.93. The Kier molecular flexibility index (Phi) is 4.19. The molecular formula is C10H11BrF2O2. The van der Waals surface area contributed by atoms with E-state index < -0.39 is 23.8 Å². The van der Waals surface area contributed by atoms with Crippen LogP contribution in [0.5, 0.6) is 0 Å². The molecule has 2 unspecified atom stereocenters. The Labute approximate surface area is 94.7 Å². The first-order valence-electron chi connectivity index (χ1n) is 4.42. The van der Waals surface area contributed by atoms with Crippen LogP contribution in [0.4, 0.5) is 8.78 Å². The van der Waals surface area contributed by atoms with Gasteiger partial charge in [0.1, 0.15) is 11.6 Å². The van der Waals surface area contributed by atoms with E-state index in [0.29, 0.717) is 0 Å². The highest BCUT2D eigenvalue weighted by molar-refractivity contribution is 9.10. The summed E-state index contributed by atoms with van der Waals surface area (Å²) in [6, 6.07) is 2.36.